The van der Waals surface area contributed by atoms with Crippen molar-refractivity contribution in [3.8, 4) is 5.75 Å². The zero-order valence-electron chi connectivity index (χ0n) is 14.4. The Bertz CT molecular complexity index is 592. The number of hydrogen-bond donors (Lipinski definition) is 0. The maximum Gasteiger partial charge on any atom is 0.0711 e. The molecular formula is C20H25O2V-. The first-order valence-electron chi connectivity index (χ1n) is 7.50. The molecule has 0 fully saturated rings. The van der Waals surface area contributed by atoms with E-state index in [9.17, 15) is 0 Å². The SMILES string of the molecule is CC.COC.[CH2-]C1=C(c2ccccc2)COc2ccccc21.[V]. The molecule has 0 aliphatic carbocycles. The van der Waals surface area contributed by atoms with Crippen LogP contribution in [0.1, 0.15) is 25.0 Å². The van der Waals surface area contributed by atoms with Crippen molar-refractivity contribution in [3.05, 3.63) is 72.6 Å². The smallest absolute Gasteiger partial charge is 0.0711 e. The number of para-hydroxylation sites is 1. The molecule has 0 aromatic heterocycles. The van der Waals surface area contributed by atoms with Gasteiger partial charge in [-0.1, -0.05) is 67.4 Å². The summed E-state index contributed by atoms with van der Waals surface area (Å²) in [6.45, 7) is 8.79. The molecule has 0 N–H and O–H groups in total. The van der Waals surface area contributed by atoms with Gasteiger partial charge in [0.05, 0.1) is 12.4 Å². The minimum Gasteiger partial charge on any atom is -0.513 e. The van der Waals surface area contributed by atoms with Gasteiger partial charge in [-0.3, -0.25) is 0 Å². The van der Waals surface area contributed by atoms with Crippen molar-refractivity contribution >= 4 is 11.1 Å². The van der Waals surface area contributed by atoms with Crippen LogP contribution in [-0.2, 0) is 23.3 Å². The standard InChI is InChI=1S/C16H13O.C2H6O.C2H6.V/c1-12-14-9-5-6-10-16(14)17-11-15(12)13-7-3-2-4-8-13;1-3-2;1-2;/h2-10H,1,11H2;1-2H3;1-2H3;/q-1;;;. The van der Waals surface area contributed by atoms with Crippen molar-refractivity contribution in [3.63, 3.8) is 0 Å². The first-order valence-corrected chi connectivity index (χ1v) is 7.50. The van der Waals surface area contributed by atoms with Gasteiger partial charge in [-0.25, -0.2) is 0 Å². The molecule has 1 radical (unpaired) electrons. The Kier molecular flexibility index (Phi) is 11.1. The molecule has 1 heterocycles. The molecule has 1 aliphatic heterocycles. The molecule has 0 amide bonds. The molecule has 2 aromatic carbocycles. The van der Waals surface area contributed by atoms with Gasteiger partial charge in [0.2, 0.25) is 0 Å². The quantitative estimate of drug-likeness (QED) is 0.667. The molecule has 0 saturated heterocycles. The van der Waals surface area contributed by atoms with Crippen LogP contribution in [0.5, 0.6) is 5.75 Å². The minimum atomic E-state index is 0. The molecule has 123 valence electrons. The molecule has 0 saturated carbocycles. The van der Waals surface area contributed by atoms with E-state index in [-0.39, 0.29) is 18.6 Å². The van der Waals surface area contributed by atoms with Crippen LogP contribution >= 0.6 is 0 Å². The van der Waals surface area contributed by atoms with Crippen molar-refractivity contribution in [1.29, 1.82) is 0 Å². The minimum absolute atomic E-state index is 0. The Labute approximate surface area is 152 Å². The number of fused-ring (bicyclic) bond motifs is 1. The Balaban J connectivity index is 0.000000729. The predicted molar refractivity (Wildman–Crippen MR) is 94.8 cm³/mol. The molecule has 2 aromatic rings. The summed E-state index contributed by atoms with van der Waals surface area (Å²) in [7, 11) is 3.25. The van der Waals surface area contributed by atoms with Crippen LogP contribution in [0.2, 0.25) is 0 Å². The van der Waals surface area contributed by atoms with E-state index < -0.39 is 0 Å². The van der Waals surface area contributed by atoms with E-state index in [0.717, 1.165) is 16.9 Å². The maximum absolute atomic E-state index is 5.76. The van der Waals surface area contributed by atoms with Gasteiger partial charge in [0.1, 0.15) is 0 Å². The van der Waals surface area contributed by atoms with Crippen molar-refractivity contribution in [2.75, 3.05) is 20.8 Å². The van der Waals surface area contributed by atoms with E-state index in [1.54, 1.807) is 14.2 Å². The molecule has 0 bridgehead atoms. The van der Waals surface area contributed by atoms with Crippen molar-refractivity contribution < 1.29 is 28.0 Å². The summed E-state index contributed by atoms with van der Waals surface area (Å²) in [5, 5.41) is 0. The van der Waals surface area contributed by atoms with Gasteiger partial charge >= 0.3 is 0 Å². The molecule has 23 heavy (non-hydrogen) atoms. The van der Waals surface area contributed by atoms with Gasteiger partial charge in [0, 0.05) is 32.8 Å². The summed E-state index contributed by atoms with van der Waals surface area (Å²) in [4.78, 5) is 0. The van der Waals surface area contributed by atoms with E-state index in [1.165, 1.54) is 11.1 Å². The maximum atomic E-state index is 5.76. The summed E-state index contributed by atoms with van der Waals surface area (Å²) in [6, 6.07) is 18.3. The average Bonchev–Trinajstić information content (AvgIpc) is 2.59. The fraction of sp³-hybridized carbons (Fsp3) is 0.250. The Hall–Kier alpha value is -1.61. The van der Waals surface area contributed by atoms with Crippen LogP contribution in [0.25, 0.3) is 11.1 Å². The van der Waals surface area contributed by atoms with Crippen LogP contribution in [0, 0.1) is 6.92 Å². The monoisotopic (exact) mass is 348 g/mol. The van der Waals surface area contributed by atoms with Crippen LogP contribution in [-0.4, -0.2) is 20.8 Å². The Morgan fingerprint density at radius 3 is 2.04 bits per heavy atom. The number of ether oxygens (including phenoxy) is 2. The van der Waals surface area contributed by atoms with E-state index in [2.05, 4.69) is 29.9 Å². The van der Waals surface area contributed by atoms with Gasteiger partial charge in [-0.05, 0) is 6.07 Å². The number of benzene rings is 2. The second kappa shape index (κ2) is 11.9. The van der Waals surface area contributed by atoms with Gasteiger partial charge in [-0.15, -0.1) is 11.6 Å². The third kappa shape index (κ3) is 5.83. The van der Waals surface area contributed by atoms with Gasteiger partial charge in [0.15, 0.2) is 0 Å². The molecule has 0 atom stereocenters. The zero-order valence-corrected chi connectivity index (χ0v) is 15.8. The van der Waals surface area contributed by atoms with Gasteiger partial charge in [-0.2, -0.15) is 12.5 Å². The molecule has 1 aliphatic rings. The summed E-state index contributed by atoms with van der Waals surface area (Å²) in [5.74, 6) is 0.928. The molecular weight excluding hydrogens is 323 g/mol. The predicted octanol–water partition coefficient (Wildman–Crippen LogP) is 5.11. The van der Waals surface area contributed by atoms with Crippen LogP contribution in [0.15, 0.2) is 54.6 Å². The van der Waals surface area contributed by atoms with Gasteiger partial charge < -0.3 is 9.47 Å². The third-order valence-electron chi connectivity index (χ3n) is 3.07. The summed E-state index contributed by atoms with van der Waals surface area (Å²) in [6.07, 6.45) is 0. The van der Waals surface area contributed by atoms with Crippen molar-refractivity contribution in [2.24, 2.45) is 0 Å². The molecule has 0 spiro atoms. The van der Waals surface area contributed by atoms with Crippen LogP contribution in [0.3, 0.4) is 0 Å². The molecule has 3 heteroatoms. The van der Waals surface area contributed by atoms with Crippen LogP contribution in [0.4, 0.5) is 0 Å². The van der Waals surface area contributed by atoms with E-state index in [0.29, 0.717) is 6.61 Å². The Morgan fingerprint density at radius 1 is 0.913 bits per heavy atom. The number of allylic oxidation sites excluding steroid dienone is 1. The summed E-state index contributed by atoms with van der Waals surface area (Å²) < 4.78 is 10.0. The van der Waals surface area contributed by atoms with E-state index in [1.807, 2.05) is 50.2 Å². The second-order valence-corrected chi connectivity index (χ2v) is 4.52. The van der Waals surface area contributed by atoms with Crippen LogP contribution < -0.4 is 4.74 Å². The molecule has 2 nitrogen and oxygen atoms in total. The Morgan fingerprint density at radius 2 is 1.43 bits per heavy atom. The fourth-order valence-corrected chi connectivity index (χ4v) is 2.14. The zero-order chi connectivity index (χ0) is 16.4. The first kappa shape index (κ1) is 21.4. The second-order valence-electron chi connectivity index (χ2n) is 4.52. The van der Waals surface area contributed by atoms with E-state index >= 15 is 0 Å². The third-order valence-corrected chi connectivity index (χ3v) is 3.07. The summed E-state index contributed by atoms with van der Waals surface area (Å²) in [5.41, 5.74) is 4.52. The normalized spacial score (nSPS) is 11.5. The number of hydrogen-bond acceptors (Lipinski definition) is 2. The largest absolute Gasteiger partial charge is 0.513 e. The fourth-order valence-electron chi connectivity index (χ4n) is 2.14. The topological polar surface area (TPSA) is 18.5 Å². The van der Waals surface area contributed by atoms with E-state index in [4.69, 9.17) is 4.74 Å². The number of methoxy groups -OCH3 is 1. The van der Waals surface area contributed by atoms with Crippen molar-refractivity contribution in [2.45, 2.75) is 13.8 Å². The van der Waals surface area contributed by atoms with Crippen molar-refractivity contribution in [1.82, 2.24) is 0 Å². The molecule has 3 rings (SSSR count). The first-order chi connectivity index (χ1) is 10.8. The molecule has 0 unspecified atom stereocenters. The van der Waals surface area contributed by atoms with Gasteiger partial charge in [0.25, 0.3) is 0 Å². The number of rotatable bonds is 1. The summed E-state index contributed by atoms with van der Waals surface area (Å²) >= 11 is 0. The average molecular weight is 348 g/mol.